The van der Waals surface area contributed by atoms with Gasteiger partial charge < -0.3 is 10.6 Å². The van der Waals surface area contributed by atoms with E-state index < -0.39 is 0 Å². The Morgan fingerprint density at radius 2 is 1.84 bits per heavy atom. The number of nitrogens with zero attached hydrogens (tertiary/aromatic N) is 1. The Bertz CT molecular complexity index is 878. The molecule has 0 aliphatic heterocycles. The van der Waals surface area contributed by atoms with E-state index in [1.807, 2.05) is 49.4 Å². The first-order valence-electron chi connectivity index (χ1n) is 7.92. The van der Waals surface area contributed by atoms with Crippen LogP contribution in [-0.2, 0) is 6.54 Å². The fraction of sp³-hybridized carbons (Fsp3) is 0.100. The Balaban J connectivity index is 1.67. The number of anilines is 2. The van der Waals surface area contributed by atoms with Crippen LogP contribution in [-0.4, -0.2) is 10.9 Å². The highest BCUT2D eigenvalue weighted by molar-refractivity contribution is 6.33. The first-order valence-corrected chi connectivity index (χ1v) is 8.30. The van der Waals surface area contributed by atoms with Crippen molar-refractivity contribution in [3.63, 3.8) is 0 Å². The van der Waals surface area contributed by atoms with Gasteiger partial charge in [-0.15, -0.1) is 0 Å². The SMILES string of the molecule is Cc1ccc(CNC(=O)c2cncc(Nc3ccccc3Cl)c2)cc1. The number of amides is 1. The fourth-order valence-electron chi connectivity index (χ4n) is 2.34. The van der Waals surface area contributed by atoms with E-state index in [-0.39, 0.29) is 5.91 Å². The summed E-state index contributed by atoms with van der Waals surface area (Å²) >= 11 is 6.14. The van der Waals surface area contributed by atoms with E-state index in [1.54, 1.807) is 24.5 Å². The molecule has 2 N–H and O–H groups in total. The molecule has 0 atom stereocenters. The lowest BCUT2D eigenvalue weighted by Crippen LogP contribution is -2.23. The minimum Gasteiger partial charge on any atom is -0.353 e. The summed E-state index contributed by atoms with van der Waals surface area (Å²) in [6.07, 6.45) is 3.20. The molecule has 3 rings (SSSR count). The number of aromatic nitrogens is 1. The summed E-state index contributed by atoms with van der Waals surface area (Å²) in [7, 11) is 0. The standard InChI is InChI=1S/C20H18ClN3O/c1-14-6-8-15(9-7-14)11-23-20(25)16-10-17(13-22-12-16)24-19-5-3-2-4-18(19)21/h2-10,12-13,24H,11H2,1H3,(H,23,25). The van der Waals surface area contributed by atoms with E-state index >= 15 is 0 Å². The summed E-state index contributed by atoms with van der Waals surface area (Å²) in [5.41, 5.74) is 4.21. The van der Waals surface area contributed by atoms with Crippen LogP contribution in [0.2, 0.25) is 5.02 Å². The molecule has 0 aliphatic carbocycles. The summed E-state index contributed by atoms with van der Waals surface area (Å²) in [6.45, 7) is 2.51. The molecule has 25 heavy (non-hydrogen) atoms. The van der Waals surface area contributed by atoms with Gasteiger partial charge in [0.15, 0.2) is 0 Å². The van der Waals surface area contributed by atoms with Crippen molar-refractivity contribution in [2.24, 2.45) is 0 Å². The van der Waals surface area contributed by atoms with Gasteiger partial charge in [0.05, 0.1) is 28.2 Å². The monoisotopic (exact) mass is 351 g/mol. The molecule has 2 aromatic carbocycles. The zero-order valence-corrected chi connectivity index (χ0v) is 14.5. The maximum atomic E-state index is 12.4. The molecule has 0 bridgehead atoms. The van der Waals surface area contributed by atoms with Crippen LogP contribution in [0.4, 0.5) is 11.4 Å². The van der Waals surface area contributed by atoms with Crippen LogP contribution in [0.5, 0.6) is 0 Å². The van der Waals surface area contributed by atoms with Crippen LogP contribution in [0.15, 0.2) is 67.0 Å². The Hall–Kier alpha value is -2.85. The lowest BCUT2D eigenvalue weighted by molar-refractivity contribution is 0.0950. The van der Waals surface area contributed by atoms with Gasteiger partial charge in [0, 0.05) is 12.7 Å². The summed E-state index contributed by atoms with van der Waals surface area (Å²) in [4.78, 5) is 16.5. The first-order chi connectivity index (χ1) is 12.1. The molecule has 0 fully saturated rings. The molecule has 0 saturated carbocycles. The number of carbonyl (C=O) groups excluding carboxylic acids is 1. The number of hydrogen-bond acceptors (Lipinski definition) is 3. The van der Waals surface area contributed by atoms with Crippen LogP contribution in [0.1, 0.15) is 21.5 Å². The van der Waals surface area contributed by atoms with Crippen molar-refractivity contribution >= 4 is 28.9 Å². The molecule has 1 heterocycles. The molecule has 3 aromatic rings. The number of rotatable bonds is 5. The smallest absolute Gasteiger partial charge is 0.253 e. The Morgan fingerprint density at radius 3 is 2.60 bits per heavy atom. The number of pyridine rings is 1. The van der Waals surface area contributed by atoms with Crippen molar-refractivity contribution in [3.8, 4) is 0 Å². The van der Waals surface area contributed by atoms with Gasteiger partial charge in [0.1, 0.15) is 0 Å². The van der Waals surface area contributed by atoms with E-state index in [0.717, 1.165) is 11.3 Å². The average Bonchev–Trinajstić information content (AvgIpc) is 2.63. The molecule has 0 saturated heterocycles. The third-order valence-electron chi connectivity index (χ3n) is 3.73. The van der Waals surface area contributed by atoms with Crippen LogP contribution in [0, 0.1) is 6.92 Å². The highest BCUT2D eigenvalue weighted by Gasteiger charge is 2.08. The van der Waals surface area contributed by atoms with Crippen LogP contribution in [0.3, 0.4) is 0 Å². The molecule has 0 radical (unpaired) electrons. The van der Waals surface area contributed by atoms with Crippen molar-refractivity contribution in [1.29, 1.82) is 0 Å². The summed E-state index contributed by atoms with van der Waals surface area (Å²) in [5, 5.41) is 6.69. The van der Waals surface area contributed by atoms with Gasteiger partial charge in [-0.05, 0) is 30.7 Å². The highest BCUT2D eigenvalue weighted by atomic mass is 35.5. The molecule has 0 unspecified atom stereocenters. The number of halogens is 1. The number of benzene rings is 2. The molecule has 126 valence electrons. The minimum absolute atomic E-state index is 0.170. The van der Waals surface area contributed by atoms with Crippen molar-refractivity contribution < 1.29 is 4.79 Å². The maximum Gasteiger partial charge on any atom is 0.253 e. The molecule has 1 aromatic heterocycles. The predicted molar refractivity (Wildman–Crippen MR) is 101 cm³/mol. The second-order valence-electron chi connectivity index (χ2n) is 5.74. The van der Waals surface area contributed by atoms with Crippen molar-refractivity contribution in [1.82, 2.24) is 10.3 Å². The Kier molecular flexibility index (Phi) is 5.31. The fourth-order valence-corrected chi connectivity index (χ4v) is 2.52. The lowest BCUT2D eigenvalue weighted by atomic mass is 10.1. The normalized spacial score (nSPS) is 10.3. The third-order valence-corrected chi connectivity index (χ3v) is 4.06. The van der Waals surface area contributed by atoms with Crippen LogP contribution in [0.25, 0.3) is 0 Å². The maximum absolute atomic E-state index is 12.4. The number of hydrogen-bond donors (Lipinski definition) is 2. The van der Waals surface area contributed by atoms with Gasteiger partial charge in [-0.2, -0.15) is 0 Å². The quantitative estimate of drug-likeness (QED) is 0.699. The zero-order valence-electron chi connectivity index (χ0n) is 13.8. The van der Waals surface area contributed by atoms with E-state index in [4.69, 9.17) is 11.6 Å². The molecule has 1 amide bonds. The van der Waals surface area contributed by atoms with E-state index in [0.29, 0.717) is 22.8 Å². The van der Waals surface area contributed by atoms with E-state index in [2.05, 4.69) is 15.6 Å². The third kappa shape index (κ3) is 4.58. The van der Waals surface area contributed by atoms with Crippen molar-refractivity contribution in [2.45, 2.75) is 13.5 Å². The van der Waals surface area contributed by atoms with Crippen LogP contribution >= 0.6 is 11.6 Å². The van der Waals surface area contributed by atoms with E-state index in [1.165, 1.54) is 5.56 Å². The first kappa shape index (κ1) is 17.0. The summed E-state index contributed by atoms with van der Waals surface area (Å²) in [6, 6.07) is 17.2. The number of nitrogens with one attached hydrogen (secondary N) is 2. The largest absolute Gasteiger partial charge is 0.353 e. The number of aryl methyl sites for hydroxylation is 1. The van der Waals surface area contributed by atoms with Crippen molar-refractivity contribution in [2.75, 3.05) is 5.32 Å². The van der Waals surface area contributed by atoms with Gasteiger partial charge in [0.2, 0.25) is 0 Å². The van der Waals surface area contributed by atoms with Gasteiger partial charge in [0.25, 0.3) is 5.91 Å². The minimum atomic E-state index is -0.170. The average molecular weight is 352 g/mol. The summed E-state index contributed by atoms with van der Waals surface area (Å²) < 4.78 is 0. The Morgan fingerprint density at radius 1 is 1.08 bits per heavy atom. The van der Waals surface area contributed by atoms with Gasteiger partial charge >= 0.3 is 0 Å². The number of carbonyl (C=O) groups is 1. The van der Waals surface area contributed by atoms with Crippen LogP contribution < -0.4 is 10.6 Å². The van der Waals surface area contributed by atoms with E-state index in [9.17, 15) is 4.79 Å². The molecular weight excluding hydrogens is 334 g/mol. The highest BCUT2D eigenvalue weighted by Crippen LogP contribution is 2.24. The second-order valence-corrected chi connectivity index (χ2v) is 6.14. The molecule has 0 aliphatic rings. The molecule has 0 spiro atoms. The Labute approximate surface area is 151 Å². The van der Waals surface area contributed by atoms with Gasteiger partial charge in [-0.3, -0.25) is 9.78 Å². The molecular formula is C20H18ClN3O. The zero-order chi connectivity index (χ0) is 17.6. The topological polar surface area (TPSA) is 54.0 Å². The molecule has 5 heteroatoms. The van der Waals surface area contributed by atoms with Gasteiger partial charge in [-0.25, -0.2) is 0 Å². The number of para-hydroxylation sites is 1. The van der Waals surface area contributed by atoms with Crippen molar-refractivity contribution in [3.05, 3.63) is 88.7 Å². The molecule has 4 nitrogen and oxygen atoms in total. The second kappa shape index (κ2) is 7.81. The van der Waals surface area contributed by atoms with Gasteiger partial charge in [-0.1, -0.05) is 53.6 Å². The lowest BCUT2D eigenvalue weighted by Gasteiger charge is -2.10. The summed E-state index contributed by atoms with van der Waals surface area (Å²) in [5.74, 6) is -0.170. The predicted octanol–water partition coefficient (Wildman–Crippen LogP) is 4.72.